The first kappa shape index (κ1) is 15.0. The second kappa shape index (κ2) is 6.40. The molecule has 0 aromatic heterocycles. The van der Waals surface area contributed by atoms with E-state index < -0.39 is 0 Å². The Morgan fingerprint density at radius 3 is 2.37 bits per heavy atom. The van der Waals surface area contributed by atoms with E-state index in [-0.39, 0.29) is 6.04 Å². The lowest BCUT2D eigenvalue weighted by Gasteiger charge is -2.16. The summed E-state index contributed by atoms with van der Waals surface area (Å²) in [5, 5.41) is 0.750. The molecule has 0 aliphatic rings. The standard InChI is InChI=1S/C15H14Br2ClN/c1-9-6-11(16)4-5-13(9)15(19)7-10-2-3-12(17)8-14(10)18/h2-6,8,15H,7,19H2,1H3. The van der Waals surface area contributed by atoms with Crippen molar-refractivity contribution in [1.29, 1.82) is 0 Å². The van der Waals surface area contributed by atoms with E-state index in [4.69, 9.17) is 17.3 Å². The maximum Gasteiger partial charge on any atom is 0.0449 e. The van der Waals surface area contributed by atoms with Crippen molar-refractivity contribution in [3.05, 3.63) is 67.1 Å². The van der Waals surface area contributed by atoms with Crippen LogP contribution in [0.3, 0.4) is 0 Å². The molecule has 19 heavy (non-hydrogen) atoms. The highest BCUT2D eigenvalue weighted by Crippen LogP contribution is 2.27. The average Bonchev–Trinajstić information content (AvgIpc) is 2.32. The van der Waals surface area contributed by atoms with Crippen LogP contribution in [0.5, 0.6) is 0 Å². The van der Waals surface area contributed by atoms with Crippen molar-refractivity contribution >= 4 is 43.5 Å². The molecule has 0 spiro atoms. The lowest BCUT2D eigenvalue weighted by atomic mass is 9.96. The average molecular weight is 404 g/mol. The van der Waals surface area contributed by atoms with Gasteiger partial charge in [-0.3, -0.25) is 0 Å². The Morgan fingerprint density at radius 2 is 1.74 bits per heavy atom. The van der Waals surface area contributed by atoms with E-state index in [1.54, 1.807) is 0 Å². The highest BCUT2D eigenvalue weighted by molar-refractivity contribution is 9.10. The molecule has 0 saturated carbocycles. The fraction of sp³-hybridized carbons (Fsp3) is 0.200. The van der Waals surface area contributed by atoms with E-state index in [0.29, 0.717) is 0 Å². The lowest BCUT2D eigenvalue weighted by molar-refractivity contribution is 0.716. The second-order valence-electron chi connectivity index (χ2n) is 4.55. The minimum atomic E-state index is -0.0493. The molecule has 0 radical (unpaired) electrons. The SMILES string of the molecule is Cc1cc(Br)ccc1C(N)Cc1ccc(Br)cc1Cl. The number of hydrogen-bond acceptors (Lipinski definition) is 1. The summed E-state index contributed by atoms with van der Waals surface area (Å²) in [6.45, 7) is 2.07. The number of rotatable bonds is 3. The normalized spacial score (nSPS) is 12.5. The van der Waals surface area contributed by atoms with Crippen LogP contribution in [-0.2, 0) is 6.42 Å². The van der Waals surface area contributed by atoms with Crippen molar-refractivity contribution in [3.8, 4) is 0 Å². The Bertz CT molecular complexity index is 599. The van der Waals surface area contributed by atoms with Crippen molar-refractivity contribution in [3.63, 3.8) is 0 Å². The van der Waals surface area contributed by atoms with E-state index in [2.05, 4.69) is 50.9 Å². The van der Waals surface area contributed by atoms with Gasteiger partial charge in [0.1, 0.15) is 0 Å². The summed E-state index contributed by atoms with van der Waals surface area (Å²) in [5.41, 5.74) is 9.71. The molecule has 1 nitrogen and oxygen atoms in total. The molecule has 0 amide bonds. The molecule has 0 aliphatic heterocycles. The van der Waals surface area contributed by atoms with Gasteiger partial charge in [-0.2, -0.15) is 0 Å². The van der Waals surface area contributed by atoms with Gasteiger partial charge in [-0.1, -0.05) is 55.6 Å². The molecule has 1 unspecified atom stereocenters. The van der Waals surface area contributed by atoms with E-state index in [1.165, 1.54) is 5.56 Å². The van der Waals surface area contributed by atoms with Gasteiger partial charge in [0.15, 0.2) is 0 Å². The van der Waals surface area contributed by atoms with E-state index in [9.17, 15) is 0 Å². The fourth-order valence-electron chi connectivity index (χ4n) is 2.09. The molecular weight excluding hydrogens is 389 g/mol. The Labute approximate surface area is 135 Å². The fourth-order valence-corrected chi connectivity index (χ4v) is 3.32. The van der Waals surface area contributed by atoms with Crippen LogP contribution in [0, 0.1) is 6.92 Å². The summed E-state index contributed by atoms with van der Waals surface area (Å²) in [6, 6.07) is 12.0. The Kier molecular flexibility index (Phi) is 5.07. The predicted molar refractivity (Wildman–Crippen MR) is 88.7 cm³/mol. The lowest BCUT2D eigenvalue weighted by Crippen LogP contribution is -2.14. The van der Waals surface area contributed by atoms with Crippen molar-refractivity contribution in [2.24, 2.45) is 5.73 Å². The molecule has 0 bridgehead atoms. The van der Waals surface area contributed by atoms with Gasteiger partial charge in [-0.15, -0.1) is 0 Å². The van der Waals surface area contributed by atoms with Crippen LogP contribution in [0.1, 0.15) is 22.7 Å². The molecule has 0 fully saturated rings. The maximum atomic E-state index is 6.30. The van der Waals surface area contributed by atoms with Crippen molar-refractivity contribution < 1.29 is 0 Å². The molecule has 1 atom stereocenters. The molecule has 2 N–H and O–H groups in total. The van der Waals surface area contributed by atoms with E-state index in [1.807, 2.05) is 24.3 Å². The monoisotopic (exact) mass is 401 g/mol. The van der Waals surface area contributed by atoms with Gasteiger partial charge in [-0.05, 0) is 54.3 Å². The predicted octanol–water partition coefficient (Wildman–Crippen LogP) is 5.42. The molecule has 4 heteroatoms. The molecule has 0 saturated heterocycles. The second-order valence-corrected chi connectivity index (χ2v) is 6.79. The first-order valence-corrected chi connectivity index (χ1v) is 7.89. The van der Waals surface area contributed by atoms with Gasteiger partial charge in [-0.25, -0.2) is 0 Å². The third-order valence-electron chi connectivity index (χ3n) is 3.09. The first-order chi connectivity index (χ1) is 8.97. The van der Waals surface area contributed by atoms with Crippen LogP contribution in [0.4, 0.5) is 0 Å². The number of benzene rings is 2. The highest BCUT2D eigenvalue weighted by atomic mass is 79.9. The molecular formula is C15H14Br2ClN. The van der Waals surface area contributed by atoms with Crippen LogP contribution >= 0.6 is 43.5 Å². The molecule has 0 aliphatic carbocycles. The summed E-state index contributed by atoms with van der Waals surface area (Å²) in [5.74, 6) is 0. The van der Waals surface area contributed by atoms with Gasteiger partial charge in [0.25, 0.3) is 0 Å². The van der Waals surface area contributed by atoms with Gasteiger partial charge in [0.2, 0.25) is 0 Å². The Hall–Kier alpha value is -0.350. The zero-order chi connectivity index (χ0) is 14.0. The van der Waals surface area contributed by atoms with Crippen molar-refractivity contribution in [2.75, 3.05) is 0 Å². The quantitative estimate of drug-likeness (QED) is 0.728. The van der Waals surface area contributed by atoms with Crippen molar-refractivity contribution in [1.82, 2.24) is 0 Å². The zero-order valence-corrected chi connectivity index (χ0v) is 14.4. The van der Waals surface area contributed by atoms with Crippen LogP contribution in [-0.4, -0.2) is 0 Å². The van der Waals surface area contributed by atoms with Crippen LogP contribution < -0.4 is 5.73 Å². The minimum Gasteiger partial charge on any atom is -0.324 e. The minimum absolute atomic E-state index is 0.0493. The molecule has 2 rings (SSSR count). The summed E-state index contributed by atoms with van der Waals surface area (Å²) >= 11 is 13.1. The highest BCUT2D eigenvalue weighted by Gasteiger charge is 2.12. The Morgan fingerprint density at radius 1 is 1.11 bits per heavy atom. The molecule has 2 aromatic carbocycles. The van der Waals surface area contributed by atoms with Crippen LogP contribution in [0.2, 0.25) is 5.02 Å². The third kappa shape index (κ3) is 3.82. The summed E-state index contributed by atoms with van der Waals surface area (Å²) < 4.78 is 2.05. The summed E-state index contributed by atoms with van der Waals surface area (Å²) in [4.78, 5) is 0. The molecule has 0 heterocycles. The van der Waals surface area contributed by atoms with Crippen LogP contribution in [0.15, 0.2) is 45.3 Å². The molecule has 100 valence electrons. The molecule has 2 aromatic rings. The Balaban J connectivity index is 2.23. The maximum absolute atomic E-state index is 6.30. The number of aryl methyl sites for hydroxylation is 1. The summed E-state index contributed by atoms with van der Waals surface area (Å²) in [7, 11) is 0. The van der Waals surface area contributed by atoms with Crippen LogP contribution in [0.25, 0.3) is 0 Å². The van der Waals surface area contributed by atoms with Crippen molar-refractivity contribution in [2.45, 2.75) is 19.4 Å². The third-order valence-corrected chi connectivity index (χ3v) is 4.42. The topological polar surface area (TPSA) is 26.0 Å². The van der Waals surface area contributed by atoms with E-state index in [0.717, 1.165) is 31.5 Å². The number of hydrogen-bond donors (Lipinski definition) is 1. The smallest absolute Gasteiger partial charge is 0.0449 e. The number of nitrogens with two attached hydrogens (primary N) is 1. The first-order valence-electron chi connectivity index (χ1n) is 5.93. The van der Waals surface area contributed by atoms with Gasteiger partial charge >= 0.3 is 0 Å². The van der Waals surface area contributed by atoms with Gasteiger partial charge in [0, 0.05) is 20.0 Å². The van der Waals surface area contributed by atoms with Gasteiger partial charge in [0.05, 0.1) is 0 Å². The number of halogens is 3. The zero-order valence-electron chi connectivity index (χ0n) is 10.5. The van der Waals surface area contributed by atoms with E-state index >= 15 is 0 Å². The summed E-state index contributed by atoms with van der Waals surface area (Å²) in [6.07, 6.45) is 0.731. The largest absolute Gasteiger partial charge is 0.324 e. The van der Waals surface area contributed by atoms with Gasteiger partial charge < -0.3 is 5.73 Å².